The molecule has 0 saturated carbocycles. The number of benzene rings is 1. The van der Waals surface area contributed by atoms with Crippen molar-refractivity contribution in [2.24, 2.45) is 17.3 Å². The van der Waals surface area contributed by atoms with E-state index in [0.29, 0.717) is 18.4 Å². The first kappa shape index (κ1) is 24.4. The van der Waals surface area contributed by atoms with Crippen LogP contribution in [-0.2, 0) is 16.1 Å². The number of carbonyl (C=O) groups is 2. The SMILES string of the molecule is CC(C)(C)CC1CCN(CC2CCN(Cc3cccc(N4CCC(=O)CC4=O)c3)CC2)CC1. The summed E-state index contributed by atoms with van der Waals surface area (Å²) in [5.74, 6) is 1.74. The summed E-state index contributed by atoms with van der Waals surface area (Å²) in [7, 11) is 0. The summed E-state index contributed by atoms with van der Waals surface area (Å²) < 4.78 is 0. The quantitative estimate of drug-likeness (QED) is 0.584. The molecule has 0 unspecified atom stereocenters. The van der Waals surface area contributed by atoms with Crippen LogP contribution in [0.25, 0.3) is 0 Å². The Balaban J connectivity index is 1.20. The van der Waals surface area contributed by atoms with Gasteiger partial charge in [-0.05, 0) is 93.2 Å². The molecule has 1 amide bonds. The summed E-state index contributed by atoms with van der Waals surface area (Å²) in [4.78, 5) is 30.9. The molecule has 4 rings (SSSR count). The first-order valence-electron chi connectivity index (χ1n) is 13.1. The highest BCUT2D eigenvalue weighted by Crippen LogP contribution is 2.32. The van der Waals surface area contributed by atoms with Crippen LogP contribution in [0.2, 0.25) is 0 Å². The van der Waals surface area contributed by atoms with Crippen molar-refractivity contribution in [3.8, 4) is 0 Å². The minimum Gasteiger partial charge on any atom is -0.312 e. The third-order valence-corrected chi connectivity index (χ3v) is 7.72. The largest absolute Gasteiger partial charge is 0.312 e. The first-order chi connectivity index (χ1) is 15.7. The standard InChI is InChI=1S/C28H43N3O2/c1-28(2,3)19-22-7-12-29(13-8-22)20-23-9-14-30(15-10-23)21-24-5-4-6-25(17-24)31-16-11-26(32)18-27(31)33/h4-6,17,22-23H,7-16,18-21H2,1-3H3. The molecular weight excluding hydrogens is 410 g/mol. The molecule has 3 heterocycles. The average Bonchev–Trinajstić information content (AvgIpc) is 2.76. The van der Waals surface area contributed by atoms with Crippen molar-refractivity contribution >= 4 is 17.4 Å². The van der Waals surface area contributed by atoms with Gasteiger partial charge < -0.3 is 9.80 Å². The maximum Gasteiger partial charge on any atom is 0.234 e. The van der Waals surface area contributed by atoms with Gasteiger partial charge in [0.2, 0.25) is 5.91 Å². The lowest BCUT2D eigenvalue weighted by Crippen LogP contribution is -2.41. The van der Waals surface area contributed by atoms with Crippen molar-refractivity contribution in [2.45, 2.75) is 72.3 Å². The van der Waals surface area contributed by atoms with E-state index in [4.69, 9.17) is 0 Å². The molecule has 182 valence electrons. The van der Waals surface area contributed by atoms with E-state index in [0.717, 1.165) is 37.2 Å². The smallest absolute Gasteiger partial charge is 0.234 e. The molecule has 3 saturated heterocycles. The Morgan fingerprint density at radius 3 is 2.21 bits per heavy atom. The fourth-order valence-electron chi connectivity index (χ4n) is 6.00. The summed E-state index contributed by atoms with van der Waals surface area (Å²) >= 11 is 0. The average molecular weight is 454 g/mol. The highest BCUT2D eigenvalue weighted by atomic mass is 16.2. The molecule has 5 heteroatoms. The highest BCUT2D eigenvalue weighted by Gasteiger charge is 2.27. The number of piperidine rings is 3. The van der Waals surface area contributed by atoms with Crippen molar-refractivity contribution in [2.75, 3.05) is 44.2 Å². The Hall–Kier alpha value is -1.72. The first-order valence-corrected chi connectivity index (χ1v) is 13.1. The molecule has 33 heavy (non-hydrogen) atoms. The number of Topliss-reactive ketones (excluding diaryl/α,β-unsaturated/α-hetero) is 1. The Morgan fingerprint density at radius 2 is 1.55 bits per heavy atom. The maximum absolute atomic E-state index is 12.3. The molecule has 0 N–H and O–H groups in total. The summed E-state index contributed by atoms with van der Waals surface area (Å²) in [6.07, 6.45) is 7.21. The molecule has 0 radical (unpaired) electrons. The topological polar surface area (TPSA) is 43.9 Å². The monoisotopic (exact) mass is 453 g/mol. The summed E-state index contributed by atoms with van der Waals surface area (Å²) in [6.45, 7) is 14.7. The van der Waals surface area contributed by atoms with Gasteiger partial charge in [-0.2, -0.15) is 0 Å². The Kier molecular flexibility index (Phi) is 7.91. The van der Waals surface area contributed by atoms with Gasteiger partial charge in [-0.15, -0.1) is 0 Å². The van der Waals surface area contributed by atoms with E-state index in [-0.39, 0.29) is 18.1 Å². The van der Waals surface area contributed by atoms with Crippen molar-refractivity contribution in [3.05, 3.63) is 29.8 Å². The van der Waals surface area contributed by atoms with Crippen LogP contribution >= 0.6 is 0 Å². The second-order valence-electron chi connectivity index (χ2n) is 11.9. The predicted molar refractivity (Wildman–Crippen MR) is 134 cm³/mol. The van der Waals surface area contributed by atoms with Crippen LogP contribution in [0.15, 0.2) is 24.3 Å². The second-order valence-corrected chi connectivity index (χ2v) is 11.9. The molecule has 1 aromatic rings. The number of hydrogen-bond acceptors (Lipinski definition) is 4. The zero-order valence-corrected chi connectivity index (χ0v) is 21.0. The number of carbonyl (C=O) groups excluding carboxylic acids is 2. The van der Waals surface area contributed by atoms with Crippen LogP contribution in [0.5, 0.6) is 0 Å². The van der Waals surface area contributed by atoms with Crippen LogP contribution in [0.1, 0.15) is 71.3 Å². The van der Waals surface area contributed by atoms with Crippen LogP contribution in [-0.4, -0.2) is 60.8 Å². The molecular formula is C28H43N3O2. The number of ketones is 1. The van der Waals surface area contributed by atoms with Gasteiger partial charge in [0.1, 0.15) is 5.78 Å². The predicted octanol–water partition coefficient (Wildman–Crippen LogP) is 4.74. The number of anilines is 1. The molecule has 1 aromatic carbocycles. The Morgan fingerprint density at radius 1 is 0.879 bits per heavy atom. The third-order valence-electron chi connectivity index (χ3n) is 7.72. The second kappa shape index (κ2) is 10.7. The van der Waals surface area contributed by atoms with Crippen molar-refractivity contribution in [1.29, 1.82) is 0 Å². The van der Waals surface area contributed by atoms with Gasteiger partial charge in [-0.3, -0.25) is 14.5 Å². The third kappa shape index (κ3) is 7.13. The minimum absolute atomic E-state index is 0.0476. The van der Waals surface area contributed by atoms with Crippen LogP contribution in [0, 0.1) is 17.3 Å². The molecule has 3 fully saturated rings. The normalized spacial score (nSPS) is 22.8. The maximum atomic E-state index is 12.3. The number of amides is 1. The summed E-state index contributed by atoms with van der Waals surface area (Å²) in [6, 6.07) is 8.34. The molecule has 0 aromatic heterocycles. The molecule has 5 nitrogen and oxygen atoms in total. The van der Waals surface area contributed by atoms with E-state index in [1.54, 1.807) is 4.90 Å². The molecule has 0 bridgehead atoms. The van der Waals surface area contributed by atoms with Gasteiger partial charge >= 0.3 is 0 Å². The zero-order valence-electron chi connectivity index (χ0n) is 21.0. The van der Waals surface area contributed by atoms with E-state index >= 15 is 0 Å². The number of likely N-dealkylation sites (tertiary alicyclic amines) is 2. The van der Waals surface area contributed by atoms with Crippen molar-refractivity contribution < 1.29 is 9.59 Å². The minimum atomic E-state index is -0.0633. The van der Waals surface area contributed by atoms with E-state index in [1.807, 2.05) is 12.1 Å². The van der Waals surface area contributed by atoms with E-state index < -0.39 is 0 Å². The van der Waals surface area contributed by atoms with Crippen molar-refractivity contribution in [1.82, 2.24) is 9.80 Å². The van der Waals surface area contributed by atoms with Gasteiger partial charge in [-0.1, -0.05) is 32.9 Å². The van der Waals surface area contributed by atoms with Crippen LogP contribution < -0.4 is 4.90 Å². The fourth-order valence-corrected chi connectivity index (χ4v) is 6.00. The lowest BCUT2D eigenvalue weighted by atomic mass is 9.80. The molecule has 3 aliphatic heterocycles. The molecule has 0 spiro atoms. The van der Waals surface area contributed by atoms with E-state index in [2.05, 4.69) is 42.7 Å². The van der Waals surface area contributed by atoms with E-state index in [9.17, 15) is 9.59 Å². The Bertz CT molecular complexity index is 815. The molecule has 0 atom stereocenters. The highest BCUT2D eigenvalue weighted by molar-refractivity contribution is 6.08. The van der Waals surface area contributed by atoms with E-state index in [1.165, 1.54) is 57.3 Å². The van der Waals surface area contributed by atoms with Gasteiger partial charge in [0.25, 0.3) is 0 Å². The Labute approximate surface area is 200 Å². The van der Waals surface area contributed by atoms with Gasteiger partial charge in [0.05, 0.1) is 6.42 Å². The van der Waals surface area contributed by atoms with Crippen LogP contribution in [0.3, 0.4) is 0 Å². The summed E-state index contributed by atoms with van der Waals surface area (Å²) in [5, 5.41) is 0. The number of nitrogens with zero attached hydrogens (tertiary/aromatic N) is 3. The lowest BCUT2D eigenvalue weighted by Gasteiger charge is -2.39. The zero-order chi connectivity index (χ0) is 23.4. The van der Waals surface area contributed by atoms with Gasteiger partial charge in [0.15, 0.2) is 0 Å². The summed E-state index contributed by atoms with van der Waals surface area (Å²) in [5.41, 5.74) is 2.66. The molecule has 3 aliphatic rings. The molecule has 0 aliphatic carbocycles. The van der Waals surface area contributed by atoms with Gasteiger partial charge in [0, 0.05) is 31.7 Å². The lowest BCUT2D eigenvalue weighted by molar-refractivity contribution is -0.128. The van der Waals surface area contributed by atoms with Gasteiger partial charge in [-0.25, -0.2) is 0 Å². The van der Waals surface area contributed by atoms with Crippen LogP contribution in [0.4, 0.5) is 5.69 Å². The number of hydrogen-bond donors (Lipinski definition) is 0. The van der Waals surface area contributed by atoms with Crippen molar-refractivity contribution in [3.63, 3.8) is 0 Å². The fraction of sp³-hybridized carbons (Fsp3) is 0.714. The number of rotatable bonds is 6.